The molecule has 150 valence electrons. The molecule has 0 aliphatic carbocycles. The smallest absolute Gasteiger partial charge is 0.277 e. The van der Waals surface area contributed by atoms with Crippen molar-refractivity contribution in [3.63, 3.8) is 0 Å². The Balaban J connectivity index is 1.65. The fourth-order valence-corrected chi connectivity index (χ4v) is 3.42. The van der Waals surface area contributed by atoms with E-state index in [9.17, 15) is 19.3 Å². The lowest BCUT2D eigenvalue weighted by atomic mass is 10.2. The second kappa shape index (κ2) is 8.82. The van der Waals surface area contributed by atoms with Gasteiger partial charge in [0, 0.05) is 31.3 Å². The first-order valence-electron chi connectivity index (χ1n) is 8.58. The largest absolute Gasteiger partial charge is 0.411 e. The number of aromatic nitrogens is 2. The number of rotatable bonds is 7. The molecule has 0 aliphatic heterocycles. The summed E-state index contributed by atoms with van der Waals surface area (Å²) in [6, 6.07) is 11.9. The van der Waals surface area contributed by atoms with Gasteiger partial charge < -0.3 is 9.32 Å². The number of carbonyl (C=O) groups is 1. The van der Waals surface area contributed by atoms with E-state index in [1.807, 2.05) is 0 Å². The van der Waals surface area contributed by atoms with Gasteiger partial charge in [-0.1, -0.05) is 30.0 Å². The van der Waals surface area contributed by atoms with E-state index >= 15 is 0 Å². The summed E-state index contributed by atoms with van der Waals surface area (Å²) in [7, 11) is 1.63. The first-order chi connectivity index (χ1) is 13.8. The molecule has 3 aromatic rings. The Morgan fingerprint density at radius 1 is 1.28 bits per heavy atom. The maximum atomic E-state index is 13.3. The standard InChI is InChI=1S/C19H17FN4O4S/c1-12(18(25)23(2)11-13-5-3-7-15(20)9-13)29-19-22-21-17(28-19)14-6-4-8-16(10-14)24(26)27/h3-10,12H,11H2,1-2H3/t12-/m0/s1. The number of thioether (sulfide) groups is 1. The van der Waals surface area contributed by atoms with Crippen molar-refractivity contribution in [2.45, 2.75) is 23.9 Å². The highest BCUT2D eigenvalue weighted by atomic mass is 32.2. The van der Waals surface area contributed by atoms with Crippen LogP contribution < -0.4 is 0 Å². The summed E-state index contributed by atoms with van der Waals surface area (Å²) < 4.78 is 18.8. The topological polar surface area (TPSA) is 102 Å². The number of hydrogen-bond acceptors (Lipinski definition) is 7. The second-order valence-electron chi connectivity index (χ2n) is 6.26. The molecule has 1 aromatic heterocycles. The van der Waals surface area contributed by atoms with Crippen LogP contribution in [0.1, 0.15) is 12.5 Å². The van der Waals surface area contributed by atoms with E-state index < -0.39 is 10.2 Å². The molecule has 29 heavy (non-hydrogen) atoms. The van der Waals surface area contributed by atoms with Crippen LogP contribution in [-0.2, 0) is 11.3 Å². The van der Waals surface area contributed by atoms with Crippen molar-refractivity contribution in [3.05, 3.63) is 70.0 Å². The number of non-ortho nitro benzene ring substituents is 1. The van der Waals surface area contributed by atoms with Crippen LogP contribution in [0.25, 0.3) is 11.5 Å². The second-order valence-corrected chi connectivity index (χ2v) is 7.56. The number of nitro groups is 1. The third kappa shape index (κ3) is 5.17. The fourth-order valence-electron chi connectivity index (χ4n) is 2.63. The molecule has 3 rings (SSSR count). The van der Waals surface area contributed by atoms with Crippen molar-refractivity contribution in [1.82, 2.24) is 15.1 Å². The van der Waals surface area contributed by atoms with Gasteiger partial charge in [-0.25, -0.2) is 4.39 Å². The van der Waals surface area contributed by atoms with Gasteiger partial charge in [-0.2, -0.15) is 0 Å². The molecule has 0 saturated heterocycles. The van der Waals surface area contributed by atoms with Crippen molar-refractivity contribution in [2.75, 3.05) is 7.05 Å². The van der Waals surface area contributed by atoms with Crippen molar-refractivity contribution >= 4 is 23.4 Å². The van der Waals surface area contributed by atoms with Crippen LogP contribution in [0.4, 0.5) is 10.1 Å². The molecule has 2 aromatic carbocycles. The van der Waals surface area contributed by atoms with Gasteiger partial charge >= 0.3 is 0 Å². The van der Waals surface area contributed by atoms with E-state index in [-0.39, 0.29) is 35.1 Å². The van der Waals surface area contributed by atoms with Crippen LogP contribution in [0.15, 0.2) is 58.2 Å². The van der Waals surface area contributed by atoms with Gasteiger partial charge in [0.25, 0.3) is 10.9 Å². The summed E-state index contributed by atoms with van der Waals surface area (Å²) >= 11 is 1.08. The summed E-state index contributed by atoms with van der Waals surface area (Å²) in [5, 5.41) is 18.3. The van der Waals surface area contributed by atoms with Crippen LogP contribution in [0.2, 0.25) is 0 Å². The number of hydrogen-bond donors (Lipinski definition) is 0. The summed E-state index contributed by atoms with van der Waals surface area (Å²) in [5.41, 5.74) is 1.02. The lowest BCUT2D eigenvalue weighted by Crippen LogP contribution is -2.32. The highest BCUT2D eigenvalue weighted by Crippen LogP contribution is 2.28. The first kappa shape index (κ1) is 20.5. The Labute approximate surface area is 169 Å². The molecule has 1 amide bonds. The molecule has 0 radical (unpaired) electrons. The third-order valence-corrected chi connectivity index (χ3v) is 4.94. The van der Waals surface area contributed by atoms with E-state index in [0.717, 1.165) is 11.8 Å². The van der Waals surface area contributed by atoms with Crippen LogP contribution in [0, 0.1) is 15.9 Å². The normalized spacial score (nSPS) is 11.8. The summed E-state index contributed by atoms with van der Waals surface area (Å²) in [5.74, 6) is -0.413. The molecule has 1 atom stereocenters. The fraction of sp³-hybridized carbons (Fsp3) is 0.211. The molecule has 0 spiro atoms. The molecule has 10 heteroatoms. The van der Waals surface area contributed by atoms with Crippen molar-refractivity contribution in [2.24, 2.45) is 0 Å². The number of benzene rings is 2. The number of halogens is 1. The van der Waals surface area contributed by atoms with Gasteiger partial charge in [-0.3, -0.25) is 14.9 Å². The summed E-state index contributed by atoms with van der Waals surface area (Å²) in [6.07, 6.45) is 0. The van der Waals surface area contributed by atoms with E-state index in [0.29, 0.717) is 11.1 Å². The molecule has 0 bridgehead atoms. The molecule has 0 N–H and O–H groups in total. The quantitative estimate of drug-likeness (QED) is 0.327. The zero-order valence-corrected chi connectivity index (χ0v) is 16.4. The summed E-state index contributed by atoms with van der Waals surface area (Å²) in [4.78, 5) is 24.5. The Bertz CT molecular complexity index is 1040. The Morgan fingerprint density at radius 3 is 2.76 bits per heavy atom. The Kier molecular flexibility index (Phi) is 6.23. The third-order valence-electron chi connectivity index (χ3n) is 4.02. The van der Waals surface area contributed by atoms with Crippen molar-refractivity contribution in [3.8, 4) is 11.5 Å². The minimum atomic E-state index is -0.521. The Morgan fingerprint density at radius 2 is 2.03 bits per heavy atom. The van der Waals surface area contributed by atoms with E-state index in [4.69, 9.17) is 4.42 Å². The van der Waals surface area contributed by atoms with Gasteiger partial charge in [-0.05, 0) is 30.7 Å². The zero-order valence-electron chi connectivity index (χ0n) is 15.6. The number of nitrogens with zero attached hydrogens (tertiary/aromatic N) is 4. The molecule has 1 heterocycles. The predicted octanol–water partition coefficient (Wildman–Crippen LogP) is 3.92. The highest BCUT2D eigenvalue weighted by Gasteiger charge is 2.22. The van der Waals surface area contributed by atoms with Gasteiger partial charge in [0.15, 0.2) is 0 Å². The van der Waals surface area contributed by atoms with Gasteiger partial charge in [0.1, 0.15) is 5.82 Å². The highest BCUT2D eigenvalue weighted by molar-refractivity contribution is 8.00. The van der Waals surface area contributed by atoms with Crippen LogP contribution in [0.5, 0.6) is 0 Å². The lowest BCUT2D eigenvalue weighted by molar-refractivity contribution is -0.384. The molecule has 0 saturated carbocycles. The van der Waals surface area contributed by atoms with Crippen LogP contribution >= 0.6 is 11.8 Å². The molecule has 0 aliphatic rings. The molecule has 0 fully saturated rings. The molecule has 0 unspecified atom stereocenters. The first-order valence-corrected chi connectivity index (χ1v) is 9.46. The number of amides is 1. The number of nitro benzene ring substituents is 1. The molecular weight excluding hydrogens is 399 g/mol. The van der Waals surface area contributed by atoms with Gasteiger partial charge in [0.05, 0.1) is 10.2 Å². The maximum absolute atomic E-state index is 13.3. The average Bonchev–Trinajstić information content (AvgIpc) is 3.16. The van der Waals surface area contributed by atoms with Gasteiger partial charge in [0.2, 0.25) is 11.8 Å². The Hall–Kier alpha value is -3.27. The van der Waals surface area contributed by atoms with Crippen molar-refractivity contribution < 1.29 is 18.5 Å². The van der Waals surface area contributed by atoms with E-state index in [2.05, 4.69) is 10.2 Å². The predicted molar refractivity (Wildman–Crippen MR) is 105 cm³/mol. The van der Waals surface area contributed by atoms with Crippen LogP contribution in [0.3, 0.4) is 0 Å². The lowest BCUT2D eigenvalue weighted by Gasteiger charge is -2.20. The minimum absolute atomic E-state index is 0.0857. The van der Waals surface area contributed by atoms with E-state index in [1.54, 1.807) is 32.2 Å². The molecular formula is C19H17FN4O4S. The van der Waals surface area contributed by atoms with Gasteiger partial charge in [-0.15, -0.1) is 10.2 Å². The SMILES string of the molecule is C[C@H](Sc1nnc(-c2cccc([N+](=O)[O-])c2)o1)C(=O)N(C)Cc1cccc(F)c1. The van der Waals surface area contributed by atoms with Crippen LogP contribution in [-0.4, -0.2) is 38.2 Å². The summed E-state index contributed by atoms with van der Waals surface area (Å²) in [6.45, 7) is 1.97. The van der Waals surface area contributed by atoms with E-state index in [1.165, 1.54) is 35.2 Å². The minimum Gasteiger partial charge on any atom is -0.411 e. The molecule has 8 nitrogen and oxygen atoms in total. The van der Waals surface area contributed by atoms with Crippen molar-refractivity contribution in [1.29, 1.82) is 0 Å². The average molecular weight is 416 g/mol. The monoisotopic (exact) mass is 416 g/mol. The number of carbonyl (C=O) groups excluding carboxylic acids is 1. The maximum Gasteiger partial charge on any atom is 0.277 e. The zero-order chi connectivity index (χ0) is 21.0.